The van der Waals surface area contributed by atoms with Crippen molar-refractivity contribution < 1.29 is 9.84 Å². The van der Waals surface area contributed by atoms with Crippen LogP contribution in [0.25, 0.3) is 0 Å². The molecule has 1 N–H and O–H groups in total. The Bertz CT molecular complexity index is 424. The molecule has 0 aromatic heterocycles. The molecule has 0 unspecified atom stereocenters. The first-order valence-corrected chi connectivity index (χ1v) is 6.32. The van der Waals surface area contributed by atoms with Gasteiger partial charge >= 0.3 is 0 Å². The van der Waals surface area contributed by atoms with Crippen molar-refractivity contribution in [3.8, 4) is 11.8 Å². The maximum Gasteiger partial charge on any atom is 0.137 e. The number of hydrogen-bond donors (Lipinski definition) is 1. The zero-order valence-electron chi connectivity index (χ0n) is 10.4. The van der Waals surface area contributed by atoms with Gasteiger partial charge in [-0.1, -0.05) is 12.1 Å². The Kier molecular flexibility index (Phi) is 4.57. The predicted molar refractivity (Wildman–Crippen MR) is 68.3 cm³/mol. The van der Waals surface area contributed by atoms with E-state index in [1.165, 1.54) is 12.8 Å². The molecule has 4 heteroatoms. The van der Waals surface area contributed by atoms with Gasteiger partial charge in [-0.15, -0.1) is 0 Å². The quantitative estimate of drug-likeness (QED) is 0.790. The van der Waals surface area contributed by atoms with Crippen LogP contribution in [0.2, 0.25) is 0 Å². The smallest absolute Gasteiger partial charge is 0.137 e. The van der Waals surface area contributed by atoms with Gasteiger partial charge in [0, 0.05) is 19.1 Å². The molecule has 0 bridgehead atoms. The lowest BCUT2D eigenvalue weighted by molar-refractivity contribution is 0.162. The highest BCUT2D eigenvalue weighted by molar-refractivity contribution is 5.42. The average molecular weight is 246 g/mol. The van der Waals surface area contributed by atoms with Crippen LogP contribution in [0.5, 0.6) is 5.75 Å². The van der Waals surface area contributed by atoms with Crippen LogP contribution in [-0.4, -0.2) is 42.4 Å². The van der Waals surface area contributed by atoms with E-state index in [2.05, 4.69) is 11.0 Å². The third-order valence-electron chi connectivity index (χ3n) is 3.09. The lowest BCUT2D eigenvalue weighted by Crippen LogP contribution is -2.33. The summed E-state index contributed by atoms with van der Waals surface area (Å²) in [6.07, 6.45) is 2.43. The minimum atomic E-state index is 0.186. The molecule has 0 aliphatic heterocycles. The SMILES string of the molecule is N#Cc1ccccc1OCCN(CCO)C1CC1. The maximum atomic E-state index is 8.99. The molecule has 1 aliphatic carbocycles. The van der Waals surface area contributed by atoms with Gasteiger partial charge < -0.3 is 9.84 Å². The fourth-order valence-electron chi connectivity index (χ4n) is 2.00. The van der Waals surface area contributed by atoms with Crippen LogP contribution in [0.1, 0.15) is 18.4 Å². The van der Waals surface area contributed by atoms with E-state index in [0.29, 0.717) is 30.5 Å². The third-order valence-corrected chi connectivity index (χ3v) is 3.09. The van der Waals surface area contributed by atoms with E-state index < -0.39 is 0 Å². The number of ether oxygens (including phenoxy) is 1. The minimum absolute atomic E-state index is 0.186. The fraction of sp³-hybridized carbons (Fsp3) is 0.500. The van der Waals surface area contributed by atoms with Gasteiger partial charge in [0.05, 0.1) is 12.2 Å². The van der Waals surface area contributed by atoms with Crippen LogP contribution >= 0.6 is 0 Å². The van der Waals surface area contributed by atoms with Crippen LogP contribution in [0.15, 0.2) is 24.3 Å². The molecule has 0 spiro atoms. The Balaban J connectivity index is 1.82. The Morgan fingerprint density at radius 2 is 2.11 bits per heavy atom. The Morgan fingerprint density at radius 1 is 1.33 bits per heavy atom. The molecule has 0 amide bonds. The minimum Gasteiger partial charge on any atom is -0.491 e. The maximum absolute atomic E-state index is 8.99. The topological polar surface area (TPSA) is 56.5 Å². The number of aliphatic hydroxyl groups excluding tert-OH is 1. The Morgan fingerprint density at radius 3 is 2.78 bits per heavy atom. The lowest BCUT2D eigenvalue weighted by atomic mass is 10.2. The van der Waals surface area contributed by atoms with Gasteiger partial charge in [-0.05, 0) is 25.0 Å². The van der Waals surface area contributed by atoms with Gasteiger partial charge in [0.15, 0.2) is 0 Å². The van der Waals surface area contributed by atoms with Crippen molar-refractivity contribution in [3.05, 3.63) is 29.8 Å². The van der Waals surface area contributed by atoms with Gasteiger partial charge in [0.2, 0.25) is 0 Å². The van der Waals surface area contributed by atoms with Gasteiger partial charge in [-0.2, -0.15) is 5.26 Å². The van der Waals surface area contributed by atoms with Crippen molar-refractivity contribution in [1.82, 2.24) is 4.90 Å². The monoisotopic (exact) mass is 246 g/mol. The average Bonchev–Trinajstić information content (AvgIpc) is 3.22. The van der Waals surface area contributed by atoms with E-state index >= 15 is 0 Å². The van der Waals surface area contributed by atoms with E-state index in [1.807, 2.05) is 18.2 Å². The molecule has 0 saturated heterocycles. The lowest BCUT2D eigenvalue weighted by Gasteiger charge is -2.20. The molecule has 0 radical (unpaired) electrons. The highest BCUT2D eigenvalue weighted by Crippen LogP contribution is 2.26. The number of nitriles is 1. The molecule has 18 heavy (non-hydrogen) atoms. The van der Waals surface area contributed by atoms with Crippen LogP contribution in [-0.2, 0) is 0 Å². The van der Waals surface area contributed by atoms with Gasteiger partial charge in [-0.3, -0.25) is 4.90 Å². The van der Waals surface area contributed by atoms with Gasteiger partial charge in [0.1, 0.15) is 18.4 Å². The number of rotatable bonds is 7. The van der Waals surface area contributed by atoms with Gasteiger partial charge in [-0.25, -0.2) is 0 Å². The molecule has 0 heterocycles. The van der Waals surface area contributed by atoms with Crippen LogP contribution < -0.4 is 4.74 Å². The summed E-state index contributed by atoms with van der Waals surface area (Å²) in [7, 11) is 0. The molecular formula is C14H18N2O2. The highest BCUT2D eigenvalue weighted by Gasteiger charge is 2.28. The molecule has 96 valence electrons. The summed E-state index contributed by atoms with van der Waals surface area (Å²) >= 11 is 0. The first-order valence-electron chi connectivity index (χ1n) is 6.32. The highest BCUT2D eigenvalue weighted by atomic mass is 16.5. The van der Waals surface area contributed by atoms with Crippen LogP contribution in [0.3, 0.4) is 0 Å². The Hall–Kier alpha value is -1.57. The molecular weight excluding hydrogens is 228 g/mol. The van der Waals surface area contributed by atoms with Crippen molar-refractivity contribution in [2.45, 2.75) is 18.9 Å². The second-order valence-electron chi connectivity index (χ2n) is 4.45. The summed E-state index contributed by atoms with van der Waals surface area (Å²) in [5.41, 5.74) is 0.567. The van der Waals surface area contributed by atoms with Crippen molar-refractivity contribution in [2.24, 2.45) is 0 Å². The zero-order valence-corrected chi connectivity index (χ0v) is 10.4. The summed E-state index contributed by atoms with van der Waals surface area (Å²) in [4.78, 5) is 2.25. The first kappa shape index (κ1) is 12.9. The molecule has 2 rings (SSSR count). The standard InChI is InChI=1S/C14H18N2O2/c15-11-12-3-1-2-4-14(12)18-10-8-16(7-9-17)13-5-6-13/h1-4,13,17H,5-10H2. The van der Waals surface area contributed by atoms with Crippen molar-refractivity contribution in [2.75, 3.05) is 26.3 Å². The van der Waals surface area contributed by atoms with E-state index in [1.54, 1.807) is 6.07 Å². The predicted octanol–water partition coefficient (Wildman–Crippen LogP) is 1.39. The number of nitrogens with zero attached hydrogens (tertiary/aromatic N) is 2. The molecule has 1 fully saturated rings. The number of para-hydroxylation sites is 1. The molecule has 1 saturated carbocycles. The number of hydrogen-bond acceptors (Lipinski definition) is 4. The molecule has 1 aromatic rings. The summed E-state index contributed by atoms with van der Waals surface area (Å²) in [6, 6.07) is 9.99. The normalized spacial score (nSPS) is 14.5. The Labute approximate surface area is 107 Å². The van der Waals surface area contributed by atoms with Crippen molar-refractivity contribution in [3.63, 3.8) is 0 Å². The van der Waals surface area contributed by atoms with Crippen molar-refractivity contribution >= 4 is 0 Å². The molecule has 0 atom stereocenters. The first-order chi connectivity index (χ1) is 8.85. The molecule has 1 aromatic carbocycles. The van der Waals surface area contributed by atoms with E-state index in [0.717, 1.165) is 6.54 Å². The van der Waals surface area contributed by atoms with Gasteiger partial charge in [0.25, 0.3) is 0 Å². The summed E-state index contributed by atoms with van der Waals surface area (Å²) in [5.74, 6) is 0.639. The second-order valence-corrected chi connectivity index (χ2v) is 4.45. The van der Waals surface area contributed by atoms with E-state index in [-0.39, 0.29) is 6.61 Å². The fourth-order valence-corrected chi connectivity index (χ4v) is 2.00. The van der Waals surface area contributed by atoms with Crippen LogP contribution in [0, 0.1) is 11.3 Å². The third kappa shape index (κ3) is 3.46. The zero-order chi connectivity index (χ0) is 12.8. The van der Waals surface area contributed by atoms with Crippen LogP contribution in [0.4, 0.5) is 0 Å². The molecule has 4 nitrogen and oxygen atoms in total. The number of aliphatic hydroxyl groups is 1. The largest absolute Gasteiger partial charge is 0.491 e. The summed E-state index contributed by atoms with van der Waals surface area (Å²) in [6.45, 7) is 2.24. The van der Waals surface area contributed by atoms with E-state index in [4.69, 9.17) is 15.1 Å². The summed E-state index contributed by atoms with van der Waals surface area (Å²) in [5, 5.41) is 17.9. The number of benzene rings is 1. The summed E-state index contributed by atoms with van der Waals surface area (Å²) < 4.78 is 5.64. The van der Waals surface area contributed by atoms with Crippen molar-refractivity contribution in [1.29, 1.82) is 5.26 Å². The second kappa shape index (κ2) is 6.39. The molecule has 1 aliphatic rings. The van der Waals surface area contributed by atoms with E-state index in [9.17, 15) is 0 Å².